The maximum absolute atomic E-state index is 13.6. The van der Waals surface area contributed by atoms with Crippen LogP contribution < -0.4 is 10.2 Å². The van der Waals surface area contributed by atoms with Gasteiger partial charge in [0.25, 0.3) is 0 Å². The van der Waals surface area contributed by atoms with Gasteiger partial charge in [0, 0.05) is 18.7 Å². The highest BCUT2D eigenvalue weighted by Crippen LogP contribution is 2.37. The van der Waals surface area contributed by atoms with Crippen molar-refractivity contribution in [3.63, 3.8) is 0 Å². The molecule has 3 rings (SSSR count). The highest BCUT2D eigenvalue weighted by Gasteiger charge is 2.48. The summed E-state index contributed by atoms with van der Waals surface area (Å²) in [6, 6.07) is -0.222. The molecule has 2 aliphatic rings. The lowest BCUT2D eigenvalue weighted by molar-refractivity contribution is -0.156. The van der Waals surface area contributed by atoms with E-state index in [0.29, 0.717) is 5.16 Å². The van der Waals surface area contributed by atoms with Gasteiger partial charge in [0.1, 0.15) is 17.0 Å². The number of rotatable bonds is 4. The Kier molecular flexibility index (Phi) is 6.96. The summed E-state index contributed by atoms with van der Waals surface area (Å²) in [5, 5.41) is 3.43. The number of thioether (sulfide) groups is 1. The van der Waals surface area contributed by atoms with Crippen LogP contribution in [0.5, 0.6) is 0 Å². The second kappa shape index (κ2) is 9.07. The van der Waals surface area contributed by atoms with Crippen LogP contribution in [-0.2, 0) is 4.79 Å². The summed E-state index contributed by atoms with van der Waals surface area (Å²) in [6.45, 7) is -0.0378. The molecule has 0 spiro atoms. The Labute approximate surface area is 171 Å². The fourth-order valence-electron chi connectivity index (χ4n) is 3.97. The van der Waals surface area contributed by atoms with Gasteiger partial charge in [-0.25, -0.2) is 9.97 Å². The molecule has 2 unspecified atom stereocenters. The molecule has 1 N–H and O–H groups in total. The highest BCUT2D eigenvalue weighted by molar-refractivity contribution is 7.98. The number of alkyl halides is 3. The topological polar surface area (TPSA) is 58.1 Å². The smallest absolute Gasteiger partial charge is 0.353 e. The molecular formula is C18H24ClF3N4OS. The minimum absolute atomic E-state index is 0.0378. The van der Waals surface area contributed by atoms with Gasteiger partial charge in [-0.3, -0.25) is 4.79 Å². The van der Waals surface area contributed by atoms with Gasteiger partial charge < -0.3 is 10.2 Å². The Bertz CT molecular complexity index is 700. The molecule has 0 bridgehead atoms. The van der Waals surface area contributed by atoms with Gasteiger partial charge in [-0.1, -0.05) is 42.6 Å². The lowest BCUT2D eigenvalue weighted by Gasteiger charge is -2.41. The molecule has 1 amide bonds. The second-order valence-electron chi connectivity index (χ2n) is 7.36. The number of nitrogens with zero attached hydrogens (tertiary/aromatic N) is 3. The van der Waals surface area contributed by atoms with Crippen molar-refractivity contribution in [2.45, 2.75) is 68.4 Å². The summed E-state index contributed by atoms with van der Waals surface area (Å²) in [5.41, 5.74) is 0. The summed E-state index contributed by atoms with van der Waals surface area (Å²) in [4.78, 5) is 22.1. The molecule has 28 heavy (non-hydrogen) atoms. The van der Waals surface area contributed by atoms with Crippen LogP contribution in [0.2, 0.25) is 5.15 Å². The Balaban J connectivity index is 1.79. The van der Waals surface area contributed by atoms with Crippen LogP contribution in [0.1, 0.15) is 44.9 Å². The van der Waals surface area contributed by atoms with Crippen molar-refractivity contribution in [1.82, 2.24) is 15.3 Å². The zero-order chi connectivity index (χ0) is 20.3. The minimum Gasteiger partial charge on any atom is -0.353 e. The monoisotopic (exact) mass is 436 g/mol. The van der Waals surface area contributed by atoms with Gasteiger partial charge in [0.2, 0.25) is 5.91 Å². The summed E-state index contributed by atoms with van der Waals surface area (Å²) in [7, 11) is 0. The third-order valence-corrected chi connectivity index (χ3v) is 6.16. The first kappa shape index (κ1) is 21.5. The Morgan fingerprint density at radius 2 is 1.93 bits per heavy atom. The van der Waals surface area contributed by atoms with Crippen LogP contribution in [0.3, 0.4) is 0 Å². The largest absolute Gasteiger partial charge is 0.408 e. The lowest BCUT2D eigenvalue weighted by Crippen LogP contribution is -2.55. The maximum Gasteiger partial charge on any atom is 0.408 e. The minimum atomic E-state index is -4.41. The van der Waals surface area contributed by atoms with Crippen molar-refractivity contribution in [2.24, 2.45) is 5.92 Å². The van der Waals surface area contributed by atoms with Gasteiger partial charge in [-0.2, -0.15) is 13.2 Å². The highest BCUT2D eigenvalue weighted by atomic mass is 35.5. The molecule has 0 radical (unpaired) electrons. The first-order valence-corrected chi connectivity index (χ1v) is 11.1. The van der Waals surface area contributed by atoms with E-state index >= 15 is 0 Å². The molecule has 1 saturated heterocycles. The van der Waals surface area contributed by atoms with Gasteiger partial charge in [-0.15, -0.1) is 0 Å². The van der Waals surface area contributed by atoms with Crippen molar-refractivity contribution in [3.05, 3.63) is 11.2 Å². The van der Waals surface area contributed by atoms with Gasteiger partial charge in [0.15, 0.2) is 5.16 Å². The standard InChI is InChI=1S/C18H24ClF3N4OS/c1-28-17-24-14(19)9-15(25-17)26-10-11(7-8-13(26)18(20,21)22)16(27)23-12-5-3-2-4-6-12/h9,11-13H,2-8,10H2,1H3,(H,23,27). The average molecular weight is 437 g/mol. The summed E-state index contributed by atoms with van der Waals surface area (Å²) in [5.74, 6) is -0.559. The van der Waals surface area contributed by atoms with Crippen molar-refractivity contribution in [2.75, 3.05) is 17.7 Å². The van der Waals surface area contributed by atoms with Crippen LogP contribution in [0.4, 0.5) is 19.0 Å². The normalized spacial score (nSPS) is 24.2. The zero-order valence-electron chi connectivity index (χ0n) is 15.6. The van der Waals surface area contributed by atoms with E-state index in [2.05, 4.69) is 15.3 Å². The van der Waals surface area contributed by atoms with Crippen LogP contribution in [0, 0.1) is 5.92 Å². The van der Waals surface area contributed by atoms with E-state index in [4.69, 9.17) is 11.6 Å². The molecule has 2 fully saturated rings. The van der Waals surface area contributed by atoms with Crippen molar-refractivity contribution >= 4 is 35.1 Å². The van der Waals surface area contributed by atoms with E-state index in [0.717, 1.165) is 25.7 Å². The number of anilines is 1. The predicted molar refractivity (Wildman–Crippen MR) is 104 cm³/mol. The van der Waals surface area contributed by atoms with Crippen LogP contribution in [0.25, 0.3) is 0 Å². The van der Waals surface area contributed by atoms with E-state index in [-0.39, 0.29) is 42.3 Å². The molecule has 2 heterocycles. The number of piperidine rings is 1. The van der Waals surface area contributed by atoms with Gasteiger partial charge in [-0.05, 0) is 31.9 Å². The Hall–Kier alpha value is -1.22. The number of amides is 1. The quantitative estimate of drug-likeness (QED) is 0.429. The molecule has 0 aromatic carbocycles. The van der Waals surface area contributed by atoms with E-state index in [1.54, 1.807) is 6.26 Å². The summed E-state index contributed by atoms with van der Waals surface area (Å²) < 4.78 is 40.9. The number of hydrogen-bond acceptors (Lipinski definition) is 5. The van der Waals surface area contributed by atoms with Crippen LogP contribution in [-0.4, -0.2) is 46.9 Å². The number of carbonyl (C=O) groups excluding carboxylic acids is 1. The van der Waals surface area contributed by atoms with Gasteiger partial charge >= 0.3 is 6.18 Å². The average Bonchev–Trinajstić information content (AvgIpc) is 2.67. The van der Waals surface area contributed by atoms with E-state index in [1.807, 2.05) is 0 Å². The maximum atomic E-state index is 13.6. The van der Waals surface area contributed by atoms with Crippen LogP contribution in [0.15, 0.2) is 11.2 Å². The molecule has 10 heteroatoms. The number of halogens is 4. The molecule has 156 valence electrons. The van der Waals surface area contributed by atoms with E-state index in [9.17, 15) is 18.0 Å². The van der Waals surface area contributed by atoms with E-state index < -0.39 is 18.1 Å². The molecule has 1 aromatic heterocycles. The van der Waals surface area contributed by atoms with Crippen LogP contribution >= 0.6 is 23.4 Å². The third-order valence-electron chi connectivity index (χ3n) is 5.42. The first-order chi connectivity index (χ1) is 13.3. The molecule has 1 aliphatic carbocycles. The molecule has 1 aliphatic heterocycles. The van der Waals surface area contributed by atoms with Crippen molar-refractivity contribution < 1.29 is 18.0 Å². The summed E-state index contributed by atoms with van der Waals surface area (Å²) in [6.07, 6.45) is 2.57. The first-order valence-electron chi connectivity index (χ1n) is 9.50. The second-order valence-corrected chi connectivity index (χ2v) is 8.52. The number of carbonyl (C=O) groups is 1. The molecule has 1 aromatic rings. The zero-order valence-corrected chi connectivity index (χ0v) is 17.2. The molecular weight excluding hydrogens is 413 g/mol. The Morgan fingerprint density at radius 1 is 1.21 bits per heavy atom. The number of nitrogens with one attached hydrogen (secondary N) is 1. The molecule has 2 atom stereocenters. The number of hydrogen-bond donors (Lipinski definition) is 1. The van der Waals surface area contributed by atoms with Crippen molar-refractivity contribution in [3.8, 4) is 0 Å². The molecule has 5 nitrogen and oxygen atoms in total. The predicted octanol–water partition coefficient (Wildman–Crippen LogP) is 4.45. The fourth-order valence-corrected chi connectivity index (χ4v) is 4.57. The third kappa shape index (κ3) is 5.23. The summed E-state index contributed by atoms with van der Waals surface area (Å²) >= 11 is 7.19. The molecule has 1 saturated carbocycles. The van der Waals surface area contributed by atoms with Crippen molar-refractivity contribution in [1.29, 1.82) is 0 Å². The van der Waals surface area contributed by atoms with E-state index in [1.165, 1.54) is 29.1 Å². The Morgan fingerprint density at radius 3 is 2.57 bits per heavy atom. The number of aromatic nitrogens is 2. The SMILES string of the molecule is CSc1nc(Cl)cc(N2CC(C(=O)NC3CCCCC3)CCC2C(F)(F)F)n1. The lowest BCUT2D eigenvalue weighted by atomic mass is 9.90. The van der Waals surface area contributed by atoms with Gasteiger partial charge in [0.05, 0.1) is 5.92 Å². The fraction of sp³-hybridized carbons (Fsp3) is 0.722.